The molecule has 120 valence electrons. The quantitative estimate of drug-likeness (QED) is 0.813. The Balaban J connectivity index is 2.81. The first-order valence-corrected chi connectivity index (χ1v) is 7.88. The van der Waals surface area contributed by atoms with Gasteiger partial charge in [-0.05, 0) is 32.1 Å². The summed E-state index contributed by atoms with van der Waals surface area (Å²) in [6, 6.07) is 20.5. The van der Waals surface area contributed by atoms with Crippen LogP contribution in [0.5, 0.6) is 5.75 Å². The van der Waals surface area contributed by atoms with Crippen LogP contribution in [0.15, 0.2) is 54.6 Å². The molecule has 2 rings (SSSR count). The van der Waals surface area contributed by atoms with E-state index in [-0.39, 0.29) is 6.04 Å². The van der Waals surface area contributed by atoms with Gasteiger partial charge in [0.05, 0.1) is 13.2 Å². The lowest BCUT2D eigenvalue weighted by atomic mass is 9.68. The molecule has 0 saturated carbocycles. The van der Waals surface area contributed by atoms with Crippen molar-refractivity contribution in [1.82, 2.24) is 4.90 Å². The second-order valence-electron chi connectivity index (χ2n) is 5.87. The molecule has 0 aromatic heterocycles. The van der Waals surface area contributed by atoms with E-state index in [0.29, 0.717) is 0 Å². The molecule has 3 nitrogen and oxygen atoms in total. The van der Waals surface area contributed by atoms with Crippen LogP contribution in [0, 0.1) is 11.3 Å². The van der Waals surface area contributed by atoms with E-state index in [9.17, 15) is 5.26 Å². The van der Waals surface area contributed by atoms with Crippen molar-refractivity contribution in [3.8, 4) is 11.8 Å². The predicted molar refractivity (Wildman–Crippen MR) is 93.6 cm³/mol. The van der Waals surface area contributed by atoms with Gasteiger partial charge in [-0.3, -0.25) is 0 Å². The van der Waals surface area contributed by atoms with Gasteiger partial charge in [-0.15, -0.1) is 0 Å². The molecule has 0 N–H and O–H groups in total. The Morgan fingerprint density at radius 2 is 1.70 bits per heavy atom. The lowest BCUT2D eigenvalue weighted by Crippen LogP contribution is -2.47. The average molecular weight is 308 g/mol. The van der Waals surface area contributed by atoms with Gasteiger partial charge in [0.1, 0.15) is 11.2 Å². The van der Waals surface area contributed by atoms with Gasteiger partial charge in [-0.25, -0.2) is 0 Å². The monoisotopic (exact) mass is 308 g/mol. The Bertz CT molecular complexity index is 676. The lowest BCUT2D eigenvalue weighted by molar-refractivity contribution is 0.225. The average Bonchev–Trinajstić information content (AvgIpc) is 2.60. The van der Waals surface area contributed by atoms with Crippen molar-refractivity contribution in [3.63, 3.8) is 0 Å². The van der Waals surface area contributed by atoms with Crippen LogP contribution in [-0.4, -0.2) is 32.1 Å². The van der Waals surface area contributed by atoms with Crippen molar-refractivity contribution in [2.45, 2.75) is 24.8 Å². The number of benzene rings is 2. The van der Waals surface area contributed by atoms with Crippen molar-refractivity contribution in [2.24, 2.45) is 0 Å². The maximum Gasteiger partial charge on any atom is 0.126 e. The van der Waals surface area contributed by atoms with Crippen LogP contribution in [0.3, 0.4) is 0 Å². The first kappa shape index (κ1) is 17.1. The van der Waals surface area contributed by atoms with Gasteiger partial charge < -0.3 is 9.64 Å². The summed E-state index contributed by atoms with van der Waals surface area (Å²) in [5.41, 5.74) is 1.12. The van der Waals surface area contributed by atoms with Crippen molar-refractivity contribution in [3.05, 3.63) is 65.7 Å². The third-order valence-corrected chi connectivity index (χ3v) is 4.45. The SMILES string of the molecule is CCC(N(C)C)C(C#N)(c1ccccc1)c1ccccc1OC. The topological polar surface area (TPSA) is 36.3 Å². The molecular weight excluding hydrogens is 284 g/mol. The molecule has 3 heteroatoms. The number of hydrogen-bond donors (Lipinski definition) is 0. The summed E-state index contributed by atoms with van der Waals surface area (Å²) < 4.78 is 5.58. The van der Waals surface area contributed by atoms with Gasteiger partial charge in [-0.1, -0.05) is 55.5 Å². The number of rotatable bonds is 6. The maximum absolute atomic E-state index is 10.3. The van der Waals surface area contributed by atoms with Gasteiger partial charge in [0.15, 0.2) is 0 Å². The molecule has 23 heavy (non-hydrogen) atoms. The van der Waals surface area contributed by atoms with E-state index in [4.69, 9.17) is 4.74 Å². The van der Waals surface area contributed by atoms with Crippen LogP contribution >= 0.6 is 0 Å². The van der Waals surface area contributed by atoms with Gasteiger partial charge in [0.2, 0.25) is 0 Å². The third-order valence-electron chi connectivity index (χ3n) is 4.45. The lowest BCUT2D eigenvalue weighted by Gasteiger charge is -2.40. The number of para-hydroxylation sites is 1. The van der Waals surface area contributed by atoms with Crippen molar-refractivity contribution >= 4 is 0 Å². The molecule has 0 bridgehead atoms. The minimum atomic E-state index is -0.786. The normalized spacial score (nSPS) is 14.8. The summed E-state index contributed by atoms with van der Waals surface area (Å²) in [5, 5.41) is 10.3. The zero-order valence-electron chi connectivity index (χ0n) is 14.3. The molecule has 0 radical (unpaired) electrons. The van der Waals surface area contributed by atoms with Crippen LogP contribution in [0.1, 0.15) is 24.5 Å². The summed E-state index contributed by atoms with van der Waals surface area (Å²) in [7, 11) is 5.71. The largest absolute Gasteiger partial charge is 0.496 e. The number of methoxy groups -OCH3 is 1. The second kappa shape index (κ2) is 7.30. The minimum Gasteiger partial charge on any atom is -0.496 e. The van der Waals surface area contributed by atoms with Gasteiger partial charge in [-0.2, -0.15) is 5.26 Å². The summed E-state index contributed by atoms with van der Waals surface area (Å²) in [6.45, 7) is 2.12. The molecule has 0 aliphatic rings. The Kier molecular flexibility index (Phi) is 5.41. The van der Waals surface area contributed by atoms with Gasteiger partial charge in [0, 0.05) is 11.6 Å². The van der Waals surface area contributed by atoms with E-state index in [1.54, 1.807) is 7.11 Å². The van der Waals surface area contributed by atoms with Crippen molar-refractivity contribution in [2.75, 3.05) is 21.2 Å². The van der Waals surface area contributed by atoms with E-state index in [1.807, 2.05) is 68.7 Å². The highest BCUT2D eigenvalue weighted by Gasteiger charge is 2.44. The van der Waals surface area contributed by atoms with E-state index < -0.39 is 5.41 Å². The summed E-state index contributed by atoms with van der Waals surface area (Å²) >= 11 is 0. The minimum absolute atomic E-state index is 0.0335. The fraction of sp³-hybridized carbons (Fsp3) is 0.350. The zero-order valence-corrected chi connectivity index (χ0v) is 14.3. The van der Waals surface area contributed by atoms with E-state index in [0.717, 1.165) is 23.3 Å². The zero-order chi connectivity index (χ0) is 16.9. The van der Waals surface area contributed by atoms with Crippen LogP contribution in [-0.2, 0) is 5.41 Å². The summed E-state index contributed by atoms with van der Waals surface area (Å²) in [5.74, 6) is 0.748. The highest BCUT2D eigenvalue weighted by Crippen LogP contribution is 2.42. The van der Waals surface area contributed by atoms with Crippen LogP contribution in [0.4, 0.5) is 0 Å². The molecule has 2 atom stereocenters. The Labute approximate surface area is 139 Å². The second-order valence-corrected chi connectivity index (χ2v) is 5.87. The molecule has 0 spiro atoms. The van der Waals surface area contributed by atoms with Crippen LogP contribution in [0.2, 0.25) is 0 Å². The van der Waals surface area contributed by atoms with Gasteiger partial charge in [0.25, 0.3) is 0 Å². The van der Waals surface area contributed by atoms with Crippen molar-refractivity contribution in [1.29, 1.82) is 5.26 Å². The molecule has 0 fully saturated rings. The highest BCUT2D eigenvalue weighted by atomic mass is 16.5. The summed E-state index contributed by atoms with van der Waals surface area (Å²) in [6.07, 6.45) is 0.855. The first-order chi connectivity index (χ1) is 11.1. The van der Waals surface area contributed by atoms with E-state index in [2.05, 4.69) is 17.9 Å². The summed E-state index contributed by atoms with van der Waals surface area (Å²) in [4.78, 5) is 2.13. The number of likely N-dealkylation sites (N-methyl/N-ethyl adjacent to an activating group) is 1. The van der Waals surface area contributed by atoms with E-state index in [1.165, 1.54) is 0 Å². The fourth-order valence-corrected chi connectivity index (χ4v) is 3.46. The first-order valence-electron chi connectivity index (χ1n) is 7.88. The smallest absolute Gasteiger partial charge is 0.126 e. The number of ether oxygens (including phenoxy) is 1. The predicted octanol–water partition coefficient (Wildman–Crippen LogP) is 3.85. The molecule has 0 aliphatic carbocycles. The molecule has 2 aromatic rings. The molecule has 0 heterocycles. The molecule has 2 aromatic carbocycles. The molecule has 0 saturated heterocycles. The number of nitrogens with zero attached hydrogens (tertiary/aromatic N) is 2. The highest BCUT2D eigenvalue weighted by molar-refractivity contribution is 5.54. The van der Waals surface area contributed by atoms with Crippen LogP contribution < -0.4 is 4.74 Å². The molecule has 0 aliphatic heterocycles. The maximum atomic E-state index is 10.3. The van der Waals surface area contributed by atoms with Crippen molar-refractivity contribution < 1.29 is 4.74 Å². The van der Waals surface area contributed by atoms with E-state index >= 15 is 0 Å². The molecular formula is C20H24N2O. The standard InChI is InChI=1S/C20H24N2O/c1-5-19(22(2)3)20(15-21,16-11-7-6-8-12-16)17-13-9-10-14-18(17)23-4/h6-14,19H,5H2,1-4H3. The Hall–Kier alpha value is -2.31. The molecule has 0 amide bonds. The fourth-order valence-electron chi connectivity index (χ4n) is 3.46. The molecule has 2 unspecified atom stereocenters. The third kappa shape index (κ3) is 2.95. The number of nitriles is 1. The Morgan fingerprint density at radius 1 is 1.09 bits per heavy atom. The van der Waals surface area contributed by atoms with Crippen LogP contribution in [0.25, 0.3) is 0 Å². The van der Waals surface area contributed by atoms with Gasteiger partial charge >= 0.3 is 0 Å². The number of hydrogen-bond acceptors (Lipinski definition) is 3. The Morgan fingerprint density at radius 3 is 2.22 bits per heavy atom.